The third kappa shape index (κ3) is 5.99. The van der Waals surface area contributed by atoms with Crippen LogP contribution < -0.4 is 9.80 Å². The topological polar surface area (TPSA) is 6.48 Å². The highest BCUT2D eigenvalue weighted by Crippen LogP contribution is 2.50. The fourth-order valence-electron chi connectivity index (χ4n) is 7.94. The molecule has 8 aromatic rings. The Labute approximate surface area is 312 Å². The molecule has 0 spiro atoms. The van der Waals surface area contributed by atoms with Gasteiger partial charge in [-0.1, -0.05) is 147 Å². The van der Waals surface area contributed by atoms with Crippen LogP contribution in [0.2, 0.25) is 0 Å². The van der Waals surface area contributed by atoms with Crippen molar-refractivity contribution in [3.05, 3.63) is 217 Å². The fraction of sp³-hybridized carbons (Fsp3) is 0.0588. The van der Waals surface area contributed by atoms with E-state index in [9.17, 15) is 0 Å². The van der Waals surface area contributed by atoms with Crippen LogP contribution in [0.4, 0.5) is 34.1 Å². The van der Waals surface area contributed by atoms with E-state index in [2.05, 4.69) is 230 Å². The highest BCUT2D eigenvalue weighted by atomic mass is 15.1. The van der Waals surface area contributed by atoms with Gasteiger partial charge in [-0.2, -0.15) is 0 Å². The van der Waals surface area contributed by atoms with Crippen molar-refractivity contribution in [3.8, 4) is 33.4 Å². The molecule has 8 aromatic carbocycles. The van der Waals surface area contributed by atoms with Gasteiger partial charge in [0.25, 0.3) is 0 Å². The highest BCUT2D eigenvalue weighted by Gasteiger charge is 2.35. The van der Waals surface area contributed by atoms with Gasteiger partial charge in [-0.3, -0.25) is 0 Å². The van der Waals surface area contributed by atoms with E-state index in [0.717, 1.165) is 34.1 Å². The van der Waals surface area contributed by atoms with E-state index in [0.29, 0.717) is 0 Å². The Morgan fingerprint density at radius 3 is 1.28 bits per heavy atom. The number of nitrogens with zero attached hydrogens (tertiary/aromatic N) is 2. The van der Waals surface area contributed by atoms with Crippen molar-refractivity contribution in [1.29, 1.82) is 0 Å². The molecule has 0 atom stereocenters. The van der Waals surface area contributed by atoms with Crippen LogP contribution in [0.5, 0.6) is 0 Å². The molecule has 1 aliphatic rings. The zero-order valence-electron chi connectivity index (χ0n) is 30.0. The highest BCUT2D eigenvalue weighted by molar-refractivity contribution is 5.87. The molecule has 1 aliphatic carbocycles. The van der Waals surface area contributed by atoms with E-state index in [1.807, 2.05) is 0 Å². The number of rotatable bonds is 8. The zero-order chi connectivity index (χ0) is 35.8. The van der Waals surface area contributed by atoms with Crippen LogP contribution in [0.3, 0.4) is 0 Å². The summed E-state index contributed by atoms with van der Waals surface area (Å²) in [4.78, 5) is 4.70. The molecule has 0 heterocycles. The molecular weight excluding hydrogens is 641 g/mol. The van der Waals surface area contributed by atoms with Gasteiger partial charge in [0.1, 0.15) is 0 Å². The molecular formula is C51H40N2. The first kappa shape index (κ1) is 32.3. The van der Waals surface area contributed by atoms with E-state index >= 15 is 0 Å². The van der Waals surface area contributed by atoms with E-state index in [1.165, 1.54) is 44.5 Å². The molecule has 2 heteroatoms. The Bertz CT molecular complexity index is 2460. The third-order valence-electron chi connectivity index (χ3n) is 10.6. The summed E-state index contributed by atoms with van der Waals surface area (Å²) in [6, 6.07) is 74.4. The van der Waals surface area contributed by atoms with Crippen LogP contribution in [-0.2, 0) is 5.41 Å². The Hall–Kier alpha value is -6.64. The molecule has 0 aromatic heterocycles. The van der Waals surface area contributed by atoms with Crippen LogP contribution >= 0.6 is 0 Å². The van der Waals surface area contributed by atoms with Gasteiger partial charge in [0.2, 0.25) is 0 Å². The SMILES string of the molecule is CC1(C)c2ccccc2-c2ccc(N(c3ccc(-c4ccc(N(c5ccccc5)c5ccccc5)cc4)cc3)c3cccc(-c4ccccc4)c3)cc21. The molecule has 53 heavy (non-hydrogen) atoms. The molecule has 0 saturated carbocycles. The van der Waals surface area contributed by atoms with E-state index in [-0.39, 0.29) is 5.41 Å². The number of hydrogen-bond donors (Lipinski definition) is 0. The van der Waals surface area contributed by atoms with Gasteiger partial charge in [-0.05, 0) is 117 Å². The van der Waals surface area contributed by atoms with E-state index < -0.39 is 0 Å². The first-order valence-electron chi connectivity index (χ1n) is 18.4. The average molecular weight is 681 g/mol. The minimum atomic E-state index is -0.0912. The van der Waals surface area contributed by atoms with Crippen molar-refractivity contribution >= 4 is 34.1 Å². The van der Waals surface area contributed by atoms with Crippen molar-refractivity contribution in [2.75, 3.05) is 9.80 Å². The summed E-state index contributed by atoms with van der Waals surface area (Å²) in [6.07, 6.45) is 0. The van der Waals surface area contributed by atoms with Crippen LogP contribution in [0.1, 0.15) is 25.0 Å². The second kappa shape index (κ2) is 13.5. The quantitative estimate of drug-likeness (QED) is 0.158. The van der Waals surface area contributed by atoms with Gasteiger partial charge in [0.05, 0.1) is 0 Å². The molecule has 0 aliphatic heterocycles. The van der Waals surface area contributed by atoms with Gasteiger partial charge in [0.15, 0.2) is 0 Å². The average Bonchev–Trinajstić information content (AvgIpc) is 3.45. The smallest absolute Gasteiger partial charge is 0.0467 e. The maximum Gasteiger partial charge on any atom is 0.0467 e. The lowest BCUT2D eigenvalue weighted by Gasteiger charge is -2.28. The second-order valence-corrected chi connectivity index (χ2v) is 14.3. The summed E-state index contributed by atoms with van der Waals surface area (Å²) in [5, 5.41) is 0. The zero-order valence-corrected chi connectivity index (χ0v) is 30.0. The van der Waals surface area contributed by atoms with Gasteiger partial charge in [-0.25, -0.2) is 0 Å². The number of benzene rings is 8. The molecule has 254 valence electrons. The van der Waals surface area contributed by atoms with Crippen molar-refractivity contribution in [3.63, 3.8) is 0 Å². The summed E-state index contributed by atoms with van der Waals surface area (Å²) < 4.78 is 0. The molecule has 0 unspecified atom stereocenters. The van der Waals surface area contributed by atoms with Crippen molar-refractivity contribution in [2.45, 2.75) is 19.3 Å². The lowest BCUT2D eigenvalue weighted by molar-refractivity contribution is 0.660. The molecule has 0 bridgehead atoms. The minimum absolute atomic E-state index is 0.0912. The lowest BCUT2D eigenvalue weighted by Crippen LogP contribution is -2.16. The van der Waals surface area contributed by atoms with Crippen LogP contribution in [0.15, 0.2) is 206 Å². The molecule has 0 N–H and O–H groups in total. The Morgan fingerprint density at radius 1 is 0.283 bits per heavy atom. The first-order chi connectivity index (χ1) is 26.0. The predicted octanol–water partition coefficient (Wildman–Crippen LogP) is 14.3. The van der Waals surface area contributed by atoms with Crippen molar-refractivity contribution < 1.29 is 0 Å². The van der Waals surface area contributed by atoms with Crippen molar-refractivity contribution in [1.82, 2.24) is 0 Å². The van der Waals surface area contributed by atoms with Crippen LogP contribution in [-0.4, -0.2) is 0 Å². The van der Waals surface area contributed by atoms with Crippen LogP contribution in [0.25, 0.3) is 33.4 Å². The molecule has 0 fully saturated rings. The Balaban J connectivity index is 1.09. The number of anilines is 6. The van der Waals surface area contributed by atoms with Crippen molar-refractivity contribution in [2.24, 2.45) is 0 Å². The normalized spacial score (nSPS) is 12.5. The summed E-state index contributed by atoms with van der Waals surface area (Å²) in [7, 11) is 0. The molecule has 0 radical (unpaired) electrons. The van der Waals surface area contributed by atoms with Crippen LogP contribution in [0, 0.1) is 0 Å². The molecule has 0 saturated heterocycles. The number of para-hydroxylation sites is 2. The standard InChI is InChI=1S/C51H40N2/c1-51(2)49-24-13-12-23-47(49)48-34-33-46(36-50(48)51)53(45-22-14-17-40(35-45)37-15-6-3-7-16-37)44-31-27-39(28-32-44)38-25-29-43(30-26-38)52(41-18-8-4-9-19-41)42-20-10-5-11-21-42/h3-36H,1-2H3. The summed E-state index contributed by atoms with van der Waals surface area (Å²) in [5.74, 6) is 0. The van der Waals surface area contributed by atoms with Gasteiger partial charge < -0.3 is 9.80 Å². The Morgan fingerprint density at radius 2 is 0.679 bits per heavy atom. The minimum Gasteiger partial charge on any atom is -0.311 e. The van der Waals surface area contributed by atoms with Gasteiger partial charge >= 0.3 is 0 Å². The van der Waals surface area contributed by atoms with Gasteiger partial charge in [0, 0.05) is 39.5 Å². The van der Waals surface area contributed by atoms with E-state index in [1.54, 1.807) is 0 Å². The summed E-state index contributed by atoms with van der Waals surface area (Å²) in [6.45, 7) is 4.70. The first-order valence-corrected chi connectivity index (χ1v) is 18.4. The molecule has 9 rings (SSSR count). The summed E-state index contributed by atoms with van der Waals surface area (Å²) >= 11 is 0. The second-order valence-electron chi connectivity index (χ2n) is 14.3. The van der Waals surface area contributed by atoms with Gasteiger partial charge in [-0.15, -0.1) is 0 Å². The molecule has 0 amide bonds. The largest absolute Gasteiger partial charge is 0.311 e. The third-order valence-corrected chi connectivity index (χ3v) is 10.6. The maximum absolute atomic E-state index is 2.41. The number of fused-ring (bicyclic) bond motifs is 3. The fourth-order valence-corrected chi connectivity index (χ4v) is 7.94. The molecule has 2 nitrogen and oxygen atoms in total. The predicted molar refractivity (Wildman–Crippen MR) is 224 cm³/mol. The Kier molecular flexibility index (Phi) is 8.21. The summed E-state index contributed by atoms with van der Waals surface area (Å²) in [5.41, 5.74) is 16.8. The number of hydrogen-bond acceptors (Lipinski definition) is 2. The monoisotopic (exact) mass is 680 g/mol. The van der Waals surface area contributed by atoms with E-state index in [4.69, 9.17) is 0 Å². The lowest BCUT2D eigenvalue weighted by atomic mass is 9.82. The maximum atomic E-state index is 2.41.